The van der Waals surface area contributed by atoms with E-state index in [1.165, 1.54) is 0 Å². The number of nitrogens with one attached hydrogen (secondary N) is 2. The van der Waals surface area contributed by atoms with Gasteiger partial charge >= 0.3 is 0 Å². The van der Waals surface area contributed by atoms with E-state index in [1.807, 2.05) is 6.07 Å². The molecule has 1 aromatic carbocycles. The minimum atomic E-state index is -0.104. The van der Waals surface area contributed by atoms with E-state index in [4.69, 9.17) is 4.74 Å². The molecule has 0 aliphatic carbocycles. The fourth-order valence-electron chi connectivity index (χ4n) is 4.68. The summed E-state index contributed by atoms with van der Waals surface area (Å²) >= 11 is 0. The fourth-order valence-corrected chi connectivity index (χ4v) is 4.68. The van der Waals surface area contributed by atoms with E-state index >= 15 is 0 Å². The average molecular weight is 435 g/mol. The van der Waals surface area contributed by atoms with Gasteiger partial charge in [-0.3, -0.25) is 0 Å². The van der Waals surface area contributed by atoms with Crippen molar-refractivity contribution in [2.45, 2.75) is 117 Å². The van der Waals surface area contributed by atoms with Crippen LogP contribution in [0.5, 0.6) is 11.5 Å². The summed E-state index contributed by atoms with van der Waals surface area (Å²) in [7, 11) is 1.74. The van der Waals surface area contributed by atoms with Crippen molar-refractivity contribution in [3.63, 3.8) is 0 Å². The van der Waals surface area contributed by atoms with Crippen LogP contribution in [0.3, 0.4) is 0 Å². The maximum atomic E-state index is 11.0. The lowest BCUT2D eigenvalue weighted by atomic mass is 9.75. The summed E-state index contributed by atoms with van der Waals surface area (Å²) in [5.41, 5.74) is 1.93. The van der Waals surface area contributed by atoms with Crippen LogP contribution in [0.25, 0.3) is 0 Å². The number of ether oxygens (including phenoxy) is 1. The van der Waals surface area contributed by atoms with E-state index < -0.39 is 0 Å². The molecular formula is C27H50N2O2. The van der Waals surface area contributed by atoms with Gasteiger partial charge in [0.1, 0.15) is 11.5 Å². The van der Waals surface area contributed by atoms with Crippen LogP contribution in [0.1, 0.15) is 105 Å². The highest BCUT2D eigenvalue weighted by molar-refractivity contribution is 5.51. The van der Waals surface area contributed by atoms with Gasteiger partial charge in [-0.15, -0.1) is 0 Å². The lowest BCUT2D eigenvalue weighted by Gasteiger charge is -2.32. The highest BCUT2D eigenvalue weighted by Gasteiger charge is 2.30. The predicted molar refractivity (Wildman–Crippen MR) is 135 cm³/mol. The van der Waals surface area contributed by atoms with Crippen LogP contribution in [-0.4, -0.2) is 37.4 Å². The molecule has 0 saturated carbocycles. The van der Waals surface area contributed by atoms with Gasteiger partial charge in [0, 0.05) is 23.2 Å². The van der Waals surface area contributed by atoms with E-state index in [1.54, 1.807) is 7.11 Å². The summed E-state index contributed by atoms with van der Waals surface area (Å²) in [5, 5.41) is 18.0. The van der Waals surface area contributed by atoms with Gasteiger partial charge in [-0.2, -0.15) is 0 Å². The minimum absolute atomic E-state index is 0.0569. The Kier molecular flexibility index (Phi) is 11.4. The predicted octanol–water partition coefficient (Wildman–Crippen LogP) is 6.29. The molecule has 4 nitrogen and oxygen atoms in total. The van der Waals surface area contributed by atoms with Crippen molar-refractivity contribution in [3.05, 3.63) is 23.3 Å². The topological polar surface area (TPSA) is 53.5 Å². The third-order valence-corrected chi connectivity index (χ3v) is 6.76. The lowest BCUT2D eigenvalue weighted by molar-refractivity contribution is 0.360. The minimum Gasteiger partial charge on any atom is -0.508 e. The molecule has 0 heterocycles. The highest BCUT2D eigenvalue weighted by Crippen LogP contribution is 2.44. The first-order chi connectivity index (χ1) is 14.5. The zero-order chi connectivity index (χ0) is 23.7. The highest BCUT2D eigenvalue weighted by atomic mass is 16.5. The van der Waals surface area contributed by atoms with Gasteiger partial charge in [-0.05, 0) is 75.6 Å². The Balaban J connectivity index is 2.96. The van der Waals surface area contributed by atoms with Crippen molar-refractivity contribution in [1.29, 1.82) is 0 Å². The molecular weight excluding hydrogens is 384 g/mol. The number of benzene rings is 1. The van der Waals surface area contributed by atoms with Crippen molar-refractivity contribution < 1.29 is 9.84 Å². The third-order valence-electron chi connectivity index (χ3n) is 6.76. The van der Waals surface area contributed by atoms with Crippen LogP contribution in [0.2, 0.25) is 0 Å². The molecule has 180 valence electrons. The first kappa shape index (κ1) is 27.8. The molecule has 3 N–H and O–H groups in total. The molecule has 0 amide bonds. The van der Waals surface area contributed by atoms with Gasteiger partial charge in [0.2, 0.25) is 0 Å². The third kappa shape index (κ3) is 8.65. The number of rotatable bonds is 15. The van der Waals surface area contributed by atoms with Crippen molar-refractivity contribution in [1.82, 2.24) is 10.6 Å². The Hall–Kier alpha value is -1.26. The molecule has 0 aromatic heterocycles. The van der Waals surface area contributed by atoms with Crippen LogP contribution >= 0.6 is 0 Å². The summed E-state index contributed by atoms with van der Waals surface area (Å²) in [4.78, 5) is 0. The number of phenols is 1. The van der Waals surface area contributed by atoms with Gasteiger partial charge in [0.25, 0.3) is 0 Å². The van der Waals surface area contributed by atoms with Crippen LogP contribution in [0, 0.1) is 0 Å². The van der Waals surface area contributed by atoms with Crippen LogP contribution in [0.4, 0.5) is 0 Å². The number of phenolic OH excluding ortho intramolecular Hbond substituents is 1. The smallest absolute Gasteiger partial charge is 0.123 e. The molecule has 0 saturated heterocycles. The second kappa shape index (κ2) is 12.7. The molecule has 31 heavy (non-hydrogen) atoms. The van der Waals surface area contributed by atoms with E-state index in [2.05, 4.69) is 72.1 Å². The zero-order valence-electron chi connectivity index (χ0n) is 21.8. The number of hydrogen-bond donors (Lipinski definition) is 3. The molecule has 0 spiro atoms. The first-order valence-electron chi connectivity index (χ1n) is 12.4. The summed E-state index contributed by atoms with van der Waals surface area (Å²) in [6, 6.07) is 5.11. The second-order valence-electron chi connectivity index (χ2n) is 10.5. The number of hydrogen-bond acceptors (Lipinski definition) is 4. The monoisotopic (exact) mass is 434 g/mol. The van der Waals surface area contributed by atoms with Gasteiger partial charge in [-0.1, -0.05) is 54.4 Å². The quantitative estimate of drug-likeness (QED) is 0.303. The molecule has 1 rings (SSSR count). The molecule has 0 aliphatic rings. The van der Waals surface area contributed by atoms with Crippen molar-refractivity contribution in [2.75, 3.05) is 20.2 Å². The molecule has 1 aromatic rings. The Morgan fingerprint density at radius 1 is 0.839 bits per heavy atom. The van der Waals surface area contributed by atoms with Gasteiger partial charge in [0.05, 0.1) is 7.11 Å². The van der Waals surface area contributed by atoms with E-state index in [0.29, 0.717) is 17.8 Å². The van der Waals surface area contributed by atoms with Crippen molar-refractivity contribution in [3.8, 4) is 11.5 Å². The summed E-state index contributed by atoms with van der Waals surface area (Å²) in [6.45, 7) is 19.8. The SMILES string of the molecule is CCNC(C)CCCC(C)(C)c1cc(OC)c(C(C)(C)CCCC(C)NCC)cc1O. The largest absolute Gasteiger partial charge is 0.508 e. The Bertz CT molecular complexity index is 655. The number of aromatic hydroxyl groups is 1. The summed E-state index contributed by atoms with van der Waals surface area (Å²) in [5.74, 6) is 1.29. The molecule has 4 heteroatoms. The molecule has 2 unspecified atom stereocenters. The van der Waals surface area contributed by atoms with Crippen molar-refractivity contribution >= 4 is 0 Å². The Morgan fingerprint density at radius 2 is 1.29 bits per heavy atom. The second-order valence-corrected chi connectivity index (χ2v) is 10.5. The summed E-state index contributed by atoms with van der Waals surface area (Å²) in [6.07, 6.45) is 6.66. The molecule has 2 atom stereocenters. The van der Waals surface area contributed by atoms with Crippen LogP contribution in [-0.2, 0) is 10.8 Å². The average Bonchev–Trinajstić information content (AvgIpc) is 2.67. The maximum Gasteiger partial charge on any atom is 0.123 e. The number of methoxy groups -OCH3 is 1. The lowest BCUT2D eigenvalue weighted by Crippen LogP contribution is -2.27. The van der Waals surface area contributed by atoms with Gasteiger partial charge in [-0.25, -0.2) is 0 Å². The van der Waals surface area contributed by atoms with Crippen LogP contribution in [0.15, 0.2) is 12.1 Å². The zero-order valence-corrected chi connectivity index (χ0v) is 21.8. The molecule has 0 radical (unpaired) electrons. The maximum absolute atomic E-state index is 11.0. The van der Waals surface area contributed by atoms with E-state index in [9.17, 15) is 5.11 Å². The molecule has 0 fully saturated rings. The fraction of sp³-hybridized carbons (Fsp3) is 0.778. The Labute approximate surface area is 192 Å². The van der Waals surface area contributed by atoms with Gasteiger partial charge < -0.3 is 20.5 Å². The van der Waals surface area contributed by atoms with E-state index in [-0.39, 0.29) is 10.8 Å². The van der Waals surface area contributed by atoms with Gasteiger partial charge in [0.15, 0.2) is 0 Å². The van der Waals surface area contributed by atoms with E-state index in [0.717, 1.165) is 68.5 Å². The van der Waals surface area contributed by atoms with Crippen LogP contribution < -0.4 is 15.4 Å². The van der Waals surface area contributed by atoms with Crippen molar-refractivity contribution in [2.24, 2.45) is 0 Å². The Morgan fingerprint density at radius 3 is 1.71 bits per heavy atom. The molecule has 0 aliphatic heterocycles. The molecule has 0 bridgehead atoms. The standard InChI is InChI=1S/C27H50N2O2/c1-10-28-20(3)14-12-16-26(5,6)22-19-25(31-9)23(18-24(22)30)27(7,8)17-13-15-21(4)29-11-2/h18-21,28-30H,10-17H2,1-9H3. The summed E-state index contributed by atoms with van der Waals surface area (Å²) < 4.78 is 5.83. The first-order valence-corrected chi connectivity index (χ1v) is 12.4. The normalized spacial score (nSPS) is 14.5.